The number of carbonyl (C=O) groups excluding carboxylic acids is 1. The summed E-state index contributed by atoms with van der Waals surface area (Å²) in [4.78, 5) is 25.1. The monoisotopic (exact) mass is 1560 g/mol. The first kappa shape index (κ1) is 65.9. The number of halogens is 4. The van der Waals surface area contributed by atoms with E-state index in [9.17, 15) is 33.7 Å². The van der Waals surface area contributed by atoms with Crippen molar-refractivity contribution in [1.82, 2.24) is 14.9 Å². The lowest BCUT2D eigenvalue weighted by Gasteiger charge is -2.24. The summed E-state index contributed by atoms with van der Waals surface area (Å²) in [7, 11) is -18.8. The number of fused-ring (bicyclic) bond motifs is 8. The van der Waals surface area contributed by atoms with Gasteiger partial charge in [0.1, 0.15) is 42.6 Å². The zero-order valence-electron chi connectivity index (χ0n) is 48.4. The van der Waals surface area contributed by atoms with Crippen molar-refractivity contribution in [3.05, 3.63) is 292 Å². The maximum Gasteiger partial charge on any atom is 0.339 e. The van der Waals surface area contributed by atoms with Crippen molar-refractivity contribution in [3.63, 3.8) is 0 Å². The fraction of sp³-hybridized carbons (Fsp3) is 0.132. The van der Waals surface area contributed by atoms with Gasteiger partial charge in [0.05, 0.1) is 6.42 Å². The van der Waals surface area contributed by atoms with Crippen LogP contribution in [0.3, 0.4) is 0 Å². The fourth-order valence-corrected chi connectivity index (χ4v) is 15.5. The zero-order chi connectivity index (χ0) is 64.8. The first-order valence-corrected chi connectivity index (χ1v) is 37.2. The summed E-state index contributed by atoms with van der Waals surface area (Å²) in [6.07, 6.45) is 2.78. The number of carbonyl (C=O) groups is 1. The summed E-state index contributed by atoms with van der Waals surface area (Å²) in [5.74, 6) is -1.06. The van der Waals surface area contributed by atoms with Crippen LogP contribution < -0.4 is 16.7 Å². The molecule has 2 aromatic heterocycles. The number of hydrogen-bond donors (Lipinski definition) is 0. The fourth-order valence-electron chi connectivity index (χ4n) is 10.5. The summed E-state index contributed by atoms with van der Waals surface area (Å²) >= 11 is 13.5. The summed E-state index contributed by atoms with van der Waals surface area (Å²) < 4.78 is 145. The average Bonchev–Trinajstić information content (AvgIpc) is 0.784. The van der Waals surface area contributed by atoms with Crippen LogP contribution in [0.1, 0.15) is 61.5 Å². The van der Waals surface area contributed by atoms with Crippen LogP contribution in [-0.2, 0) is 90.2 Å². The highest BCUT2D eigenvalue weighted by Crippen LogP contribution is 2.42. The van der Waals surface area contributed by atoms with E-state index in [1.807, 2.05) is 24.3 Å². The smallest absolute Gasteiger partial charge is 0.339 e. The molecule has 92 heavy (non-hydrogen) atoms. The Morgan fingerprint density at radius 1 is 0.359 bits per heavy atom. The van der Waals surface area contributed by atoms with Crippen molar-refractivity contribution >= 4 is 110 Å². The normalized spacial score (nSPS) is 12.6. The van der Waals surface area contributed by atoms with Gasteiger partial charge in [0, 0.05) is 138 Å². The summed E-state index contributed by atoms with van der Waals surface area (Å²) in [5, 5.41) is 0. The minimum Gasteiger partial charge on any atom is -0.378 e. The van der Waals surface area contributed by atoms with Crippen LogP contribution in [0.2, 0.25) is 0 Å². The third-order valence-corrected chi connectivity index (χ3v) is 22.0. The Morgan fingerprint density at radius 2 is 0.630 bits per heavy atom. The number of hydrogen-bond acceptors (Lipinski definition) is 15. The van der Waals surface area contributed by atoms with Gasteiger partial charge in [0.25, 0.3) is 0 Å². The van der Waals surface area contributed by atoms with E-state index in [4.69, 9.17) is 16.7 Å². The van der Waals surface area contributed by atoms with Crippen LogP contribution in [0.25, 0.3) is 0 Å². The van der Waals surface area contributed by atoms with Gasteiger partial charge >= 0.3 is 40.5 Å². The van der Waals surface area contributed by atoms with Crippen LogP contribution in [0.15, 0.2) is 250 Å². The number of para-hydroxylation sites is 3. The van der Waals surface area contributed by atoms with Gasteiger partial charge in [-0.15, -0.1) is 0 Å². The van der Waals surface area contributed by atoms with E-state index in [2.05, 4.69) is 73.7 Å². The minimum atomic E-state index is -4.76. The number of amides is 1. The second-order valence-corrected chi connectivity index (χ2v) is 31.2. The molecule has 8 bridgehead atoms. The number of nitrogens with zero attached hydrogens (tertiary/aromatic N) is 3. The highest BCUT2D eigenvalue weighted by molar-refractivity contribution is 9.11. The molecular formula is C68H53Br4N3O13S4. The molecule has 0 aliphatic heterocycles. The molecule has 16 nitrogen and oxygen atoms in total. The zero-order valence-corrected chi connectivity index (χ0v) is 58.0. The average molecular weight is 1570 g/mol. The van der Waals surface area contributed by atoms with Crippen molar-refractivity contribution in [1.29, 1.82) is 0 Å². The maximum absolute atomic E-state index is 15.2. The van der Waals surface area contributed by atoms with Crippen LogP contribution >= 0.6 is 63.7 Å². The van der Waals surface area contributed by atoms with Gasteiger partial charge in [0.2, 0.25) is 5.91 Å². The molecule has 0 spiro atoms. The van der Waals surface area contributed by atoms with Gasteiger partial charge in [-0.3, -0.25) is 14.8 Å². The molecule has 1 aliphatic rings. The molecule has 0 fully saturated rings. The topological polar surface area (TPSA) is 220 Å². The molecule has 0 N–H and O–H groups in total. The van der Waals surface area contributed by atoms with Gasteiger partial charge in [-0.1, -0.05) is 143 Å². The number of rotatable bonds is 20. The number of aromatic nitrogens is 2. The lowest BCUT2D eigenvalue weighted by Crippen LogP contribution is -2.36. The van der Waals surface area contributed by atoms with E-state index < -0.39 is 40.5 Å². The number of pyridine rings is 2. The van der Waals surface area contributed by atoms with Crippen molar-refractivity contribution in [2.75, 3.05) is 13.1 Å². The van der Waals surface area contributed by atoms with Crippen molar-refractivity contribution in [2.45, 2.75) is 64.5 Å². The van der Waals surface area contributed by atoms with Crippen LogP contribution in [0, 0.1) is 0 Å². The lowest BCUT2D eigenvalue weighted by molar-refractivity contribution is -0.130. The second-order valence-electron chi connectivity index (χ2n) is 21.3. The van der Waals surface area contributed by atoms with E-state index in [1.165, 1.54) is 84.9 Å². The summed E-state index contributed by atoms with van der Waals surface area (Å²) in [6.45, 7) is 0.529. The largest absolute Gasteiger partial charge is 0.378 e. The molecule has 11 rings (SSSR count). The number of benzene rings is 8. The van der Waals surface area contributed by atoms with Gasteiger partial charge in [-0.2, -0.15) is 33.7 Å². The molecule has 8 aromatic carbocycles. The Bertz CT molecular complexity index is 4630. The van der Waals surface area contributed by atoms with Crippen LogP contribution in [0.5, 0.6) is 23.0 Å². The molecule has 0 saturated heterocycles. The first-order valence-electron chi connectivity index (χ1n) is 28.4. The molecule has 0 atom stereocenters. The van der Waals surface area contributed by atoms with Gasteiger partial charge in [-0.25, -0.2) is 0 Å². The third kappa shape index (κ3) is 16.1. The minimum absolute atomic E-state index is 0.141. The second kappa shape index (κ2) is 28.4. The Hall–Kier alpha value is -7.55. The first-order chi connectivity index (χ1) is 44.1. The predicted molar refractivity (Wildman–Crippen MR) is 361 cm³/mol. The molecule has 0 radical (unpaired) electrons. The molecule has 1 aliphatic carbocycles. The van der Waals surface area contributed by atoms with Crippen molar-refractivity contribution < 1.29 is 55.2 Å². The summed E-state index contributed by atoms with van der Waals surface area (Å²) in [6, 6.07) is 52.2. The Labute approximate surface area is 567 Å². The molecule has 0 unspecified atom stereocenters. The standard InChI is InChI=1S/C68H53Br4N3O13S4/c69-54-16-24-60(25-17-54)89(77,78)85-65-46-8-5-9-47(65)42-49-11-7-13-51(67(49)87-91(81,82)62-28-20-56(71)21-29-62)44-53-39-45(40-64(76)75(36-32-58-14-1-3-34-73-58)37-33-59-15-2-4-35-74-59)38-52(68(53)88-92(83,84)63-30-22-57(72)23-31-63)43-50-12-6-10-48(41-46)66(50)86-90(79,80)61-26-18-55(70)19-27-61/h1-31,34-35,38-39H,32-33,36-37,40-44H2. The predicted octanol–water partition coefficient (Wildman–Crippen LogP) is 14.1. The van der Waals surface area contributed by atoms with E-state index in [1.54, 1.807) is 108 Å². The molecule has 24 heteroatoms. The third-order valence-electron chi connectivity index (χ3n) is 15.0. The Morgan fingerprint density at radius 3 is 0.902 bits per heavy atom. The molecule has 10 aromatic rings. The lowest BCUT2D eigenvalue weighted by atomic mass is 9.90. The van der Waals surface area contributed by atoms with Crippen molar-refractivity contribution in [2.24, 2.45) is 0 Å². The molecule has 1 amide bonds. The SMILES string of the molecule is O=C(Cc1cc2c(OS(=O)(=O)c3ccc(Br)cc3)c(c1)Cc1cccc(c1OS(=O)(=O)c1ccc(Br)cc1)Cc1cccc(c1OS(=O)(=O)c1ccc(Br)cc1)Cc1cccc(c1OS(=O)(=O)c1ccc(Br)cc1)C2)N(CCc1ccccn1)CCc1ccccn1. The van der Waals surface area contributed by atoms with Gasteiger partial charge < -0.3 is 21.6 Å². The molecule has 470 valence electrons. The Balaban J connectivity index is 1.15. The molecular weight excluding hydrogens is 1510 g/mol. The summed E-state index contributed by atoms with van der Waals surface area (Å²) in [5.41, 5.74) is 3.47. The van der Waals surface area contributed by atoms with Crippen LogP contribution in [0.4, 0.5) is 0 Å². The highest BCUT2D eigenvalue weighted by Gasteiger charge is 2.31. The van der Waals surface area contributed by atoms with E-state index >= 15 is 4.79 Å². The highest BCUT2D eigenvalue weighted by atomic mass is 79.9. The van der Waals surface area contributed by atoms with E-state index in [0.717, 1.165) is 11.4 Å². The maximum atomic E-state index is 15.2. The van der Waals surface area contributed by atoms with Crippen LogP contribution in [-0.4, -0.2) is 67.5 Å². The Kier molecular flexibility index (Phi) is 20.3. The van der Waals surface area contributed by atoms with E-state index in [0.29, 0.717) is 36.3 Å². The molecule has 2 heterocycles. The van der Waals surface area contributed by atoms with Gasteiger partial charge in [0.15, 0.2) is 0 Å². The van der Waals surface area contributed by atoms with Gasteiger partial charge in [-0.05, 0) is 127 Å². The molecule has 0 saturated carbocycles. The van der Waals surface area contributed by atoms with Crippen molar-refractivity contribution in [3.8, 4) is 23.0 Å². The van der Waals surface area contributed by atoms with E-state index in [-0.39, 0.29) is 138 Å². The quantitative estimate of drug-likeness (QED) is 0.0648.